The summed E-state index contributed by atoms with van der Waals surface area (Å²) in [5, 5.41) is 5.07. The Morgan fingerprint density at radius 2 is 2.03 bits per heavy atom. The molecule has 2 aliphatic rings. The summed E-state index contributed by atoms with van der Waals surface area (Å²) >= 11 is 6.49. The van der Waals surface area contributed by atoms with E-state index in [0.717, 1.165) is 55.5 Å². The number of hydrogen-bond donors (Lipinski definition) is 0. The number of ether oxygens (including phenoxy) is 1. The lowest BCUT2D eigenvalue weighted by Gasteiger charge is -2.37. The maximum absolute atomic E-state index is 12.4. The molecule has 2 aromatic rings. The Bertz CT molecular complexity index is 872. The van der Waals surface area contributed by atoms with E-state index in [-0.39, 0.29) is 12.0 Å². The highest BCUT2D eigenvalue weighted by molar-refractivity contribution is 6.31. The average Bonchev–Trinajstić information content (AvgIpc) is 3.33. The molecule has 1 saturated heterocycles. The quantitative estimate of drug-likeness (QED) is 0.639. The van der Waals surface area contributed by atoms with Gasteiger partial charge in [-0.25, -0.2) is 0 Å². The monoisotopic (exact) mass is 430 g/mol. The van der Waals surface area contributed by atoms with Gasteiger partial charge in [-0.1, -0.05) is 17.7 Å². The van der Waals surface area contributed by atoms with Gasteiger partial charge in [-0.05, 0) is 75.4 Å². The fraction of sp³-hybridized carbons (Fsp3) is 0.565. The summed E-state index contributed by atoms with van der Waals surface area (Å²) < 4.78 is 7.80. The standard InChI is InChI=1S/C23H31ClN4O2/c1-17-7-10-28(25-17)16-23(29)26(2)14-18-11-21(12-18)30-20-6-5-19(22(24)13-20)15-27-8-3-4-9-27/h5-7,10,13,18,21H,3-4,8-9,11-12,14-16H2,1-2H3. The highest BCUT2D eigenvalue weighted by Crippen LogP contribution is 2.33. The number of halogens is 1. The van der Waals surface area contributed by atoms with Gasteiger partial charge in [-0.15, -0.1) is 0 Å². The van der Waals surface area contributed by atoms with Crippen LogP contribution in [0.2, 0.25) is 5.02 Å². The molecule has 1 aromatic carbocycles. The van der Waals surface area contributed by atoms with E-state index < -0.39 is 0 Å². The largest absolute Gasteiger partial charge is 0.490 e. The Morgan fingerprint density at radius 1 is 1.27 bits per heavy atom. The van der Waals surface area contributed by atoms with Crippen molar-refractivity contribution in [3.05, 3.63) is 46.7 Å². The van der Waals surface area contributed by atoms with Crippen molar-refractivity contribution in [2.45, 2.75) is 51.8 Å². The number of hydrogen-bond acceptors (Lipinski definition) is 4. The van der Waals surface area contributed by atoms with Crippen molar-refractivity contribution in [1.29, 1.82) is 0 Å². The van der Waals surface area contributed by atoms with Gasteiger partial charge in [0.15, 0.2) is 0 Å². The number of carbonyl (C=O) groups excluding carboxylic acids is 1. The molecular weight excluding hydrogens is 400 g/mol. The number of likely N-dealkylation sites (N-methyl/N-ethyl adjacent to an activating group) is 1. The van der Waals surface area contributed by atoms with E-state index in [1.165, 1.54) is 18.4 Å². The molecular formula is C23H31ClN4O2. The molecule has 0 radical (unpaired) electrons. The second kappa shape index (κ2) is 9.40. The summed E-state index contributed by atoms with van der Waals surface area (Å²) in [7, 11) is 1.87. The minimum atomic E-state index is 0.0860. The van der Waals surface area contributed by atoms with Crippen molar-refractivity contribution in [1.82, 2.24) is 19.6 Å². The first kappa shape index (κ1) is 21.2. The van der Waals surface area contributed by atoms with E-state index in [1.807, 2.05) is 43.3 Å². The predicted molar refractivity (Wildman–Crippen MR) is 118 cm³/mol. The summed E-state index contributed by atoms with van der Waals surface area (Å²) in [6, 6.07) is 7.98. The van der Waals surface area contributed by atoms with Crippen LogP contribution in [0.4, 0.5) is 0 Å². The second-order valence-corrected chi connectivity index (χ2v) is 9.15. The van der Waals surface area contributed by atoms with Gasteiger partial charge in [0.25, 0.3) is 0 Å². The predicted octanol–water partition coefficient (Wildman–Crippen LogP) is 3.76. The molecule has 1 aliphatic carbocycles. The van der Waals surface area contributed by atoms with E-state index in [2.05, 4.69) is 16.1 Å². The smallest absolute Gasteiger partial charge is 0.244 e. The van der Waals surface area contributed by atoms with E-state index in [9.17, 15) is 4.79 Å². The second-order valence-electron chi connectivity index (χ2n) is 8.74. The lowest BCUT2D eigenvalue weighted by molar-refractivity contribution is -0.132. The number of nitrogens with zero attached hydrogens (tertiary/aromatic N) is 4. The van der Waals surface area contributed by atoms with Gasteiger partial charge >= 0.3 is 0 Å². The SMILES string of the molecule is Cc1ccn(CC(=O)N(C)CC2CC(Oc3ccc(CN4CCCC4)c(Cl)c3)C2)n1. The van der Waals surface area contributed by atoms with Crippen LogP contribution >= 0.6 is 11.6 Å². The van der Waals surface area contributed by atoms with Crippen LogP contribution in [0.15, 0.2) is 30.5 Å². The van der Waals surface area contributed by atoms with Gasteiger partial charge < -0.3 is 9.64 Å². The molecule has 0 atom stereocenters. The van der Waals surface area contributed by atoms with Crippen LogP contribution < -0.4 is 4.74 Å². The zero-order chi connectivity index (χ0) is 21.1. The molecule has 0 unspecified atom stereocenters. The summed E-state index contributed by atoms with van der Waals surface area (Å²) in [5.74, 6) is 1.41. The van der Waals surface area contributed by atoms with Gasteiger partial charge in [-0.3, -0.25) is 14.4 Å². The molecule has 2 fully saturated rings. The van der Waals surface area contributed by atoms with Crippen molar-refractivity contribution < 1.29 is 9.53 Å². The molecule has 6 nitrogen and oxygen atoms in total. The maximum atomic E-state index is 12.4. The maximum Gasteiger partial charge on any atom is 0.244 e. The minimum absolute atomic E-state index is 0.0860. The molecule has 0 spiro atoms. The summed E-state index contributed by atoms with van der Waals surface area (Å²) in [6.45, 7) is 6.22. The highest BCUT2D eigenvalue weighted by atomic mass is 35.5. The zero-order valence-corrected chi connectivity index (χ0v) is 18.6. The Labute approximate surface area is 183 Å². The van der Waals surface area contributed by atoms with Gasteiger partial charge in [0.1, 0.15) is 12.3 Å². The van der Waals surface area contributed by atoms with Gasteiger partial charge in [0.2, 0.25) is 5.91 Å². The number of rotatable bonds is 8. The fourth-order valence-corrected chi connectivity index (χ4v) is 4.55. The van der Waals surface area contributed by atoms with Gasteiger partial charge in [0, 0.05) is 31.4 Å². The molecule has 1 aliphatic heterocycles. The number of likely N-dealkylation sites (tertiary alicyclic amines) is 1. The molecule has 1 aromatic heterocycles. The molecule has 2 heterocycles. The first-order valence-electron chi connectivity index (χ1n) is 10.9. The van der Waals surface area contributed by atoms with E-state index in [4.69, 9.17) is 16.3 Å². The van der Waals surface area contributed by atoms with Crippen molar-refractivity contribution in [3.8, 4) is 5.75 Å². The molecule has 0 N–H and O–H groups in total. The Hall–Kier alpha value is -2.05. The van der Waals surface area contributed by atoms with Crippen LogP contribution in [0, 0.1) is 12.8 Å². The van der Waals surface area contributed by atoms with Gasteiger partial charge in [-0.2, -0.15) is 5.10 Å². The van der Waals surface area contributed by atoms with E-state index >= 15 is 0 Å². The first-order valence-corrected chi connectivity index (χ1v) is 11.3. The fourth-order valence-electron chi connectivity index (χ4n) is 4.32. The van der Waals surface area contributed by atoms with Crippen LogP contribution in [0.1, 0.15) is 36.9 Å². The lowest BCUT2D eigenvalue weighted by atomic mass is 9.82. The number of benzene rings is 1. The normalized spacial score (nSPS) is 21.4. The van der Waals surface area contributed by atoms with Crippen LogP contribution in [-0.2, 0) is 17.9 Å². The van der Waals surface area contributed by atoms with Gasteiger partial charge in [0.05, 0.1) is 11.8 Å². The summed E-state index contributed by atoms with van der Waals surface area (Å²) in [6.07, 6.45) is 6.54. The van der Waals surface area contributed by atoms with Crippen LogP contribution in [0.25, 0.3) is 0 Å². The molecule has 4 rings (SSSR count). The number of aryl methyl sites for hydroxylation is 1. The Morgan fingerprint density at radius 3 is 2.70 bits per heavy atom. The Balaban J connectivity index is 1.20. The van der Waals surface area contributed by atoms with Crippen molar-refractivity contribution in [2.75, 3.05) is 26.7 Å². The molecule has 162 valence electrons. The van der Waals surface area contributed by atoms with E-state index in [0.29, 0.717) is 12.5 Å². The van der Waals surface area contributed by atoms with Crippen molar-refractivity contribution in [3.63, 3.8) is 0 Å². The van der Waals surface area contributed by atoms with E-state index in [1.54, 1.807) is 4.68 Å². The minimum Gasteiger partial charge on any atom is -0.490 e. The molecule has 30 heavy (non-hydrogen) atoms. The topological polar surface area (TPSA) is 50.6 Å². The third-order valence-corrected chi connectivity index (χ3v) is 6.49. The number of aromatic nitrogens is 2. The van der Waals surface area contributed by atoms with Crippen molar-refractivity contribution >= 4 is 17.5 Å². The molecule has 0 bridgehead atoms. The third-order valence-electron chi connectivity index (χ3n) is 6.14. The number of amides is 1. The van der Waals surface area contributed by atoms with Crippen molar-refractivity contribution in [2.24, 2.45) is 5.92 Å². The summed E-state index contributed by atoms with van der Waals surface area (Å²) in [4.78, 5) is 16.6. The first-order chi connectivity index (χ1) is 14.5. The van der Waals surface area contributed by atoms with Crippen LogP contribution in [-0.4, -0.2) is 58.3 Å². The molecule has 7 heteroatoms. The number of carbonyl (C=O) groups is 1. The average molecular weight is 431 g/mol. The van der Waals surface area contributed by atoms with Crippen LogP contribution in [0.5, 0.6) is 5.75 Å². The zero-order valence-electron chi connectivity index (χ0n) is 17.9. The highest BCUT2D eigenvalue weighted by Gasteiger charge is 2.32. The third kappa shape index (κ3) is 5.35. The van der Waals surface area contributed by atoms with Crippen LogP contribution in [0.3, 0.4) is 0 Å². The molecule has 1 amide bonds. The lowest BCUT2D eigenvalue weighted by Crippen LogP contribution is -2.42. The Kier molecular flexibility index (Phi) is 6.64. The summed E-state index contributed by atoms with van der Waals surface area (Å²) in [5.41, 5.74) is 2.10. The molecule has 1 saturated carbocycles.